The van der Waals surface area contributed by atoms with Crippen LogP contribution in [0.2, 0.25) is 5.02 Å². The maximum Gasteiger partial charge on any atom is 0.0408 e. The van der Waals surface area contributed by atoms with Gasteiger partial charge in [-0.05, 0) is 49.3 Å². The molecule has 0 aromatic heterocycles. The van der Waals surface area contributed by atoms with Gasteiger partial charge in [0.15, 0.2) is 0 Å². The zero-order valence-corrected chi connectivity index (χ0v) is 13.0. The van der Waals surface area contributed by atoms with Crippen LogP contribution in [0.3, 0.4) is 0 Å². The summed E-state index contributed by atoms with van der Waals surface area (Å²) in [5, 5.41) is 4.78. The lowest BCUT2D eigenvalue weighted by atomic mass is 9.75. The summed E-state index contributed by atoms with van der Waals surface area (Å²) in [5.41, 5.74) is 1.42. The molecule has 2 fully saturated rings. The van der Waals surface area contributed by atoms with Gasteiger partial charge in [0.05, 0.1) is 0 Å². The third-order valence-corrected chi connectivity index (χ3v) is 5.27. The summed E-state index contributed by atoms with van der Waals surface area (Å²) < 4.78 is 0. The first-order valence-electron chi connectivity index (χ1n) is 8.33. The Morgan fingerprint density at radius 3 is 2.30 bits per heavy atom. The molecule has 3 rings (SSSR count). The van der Waals surface area contributed by atoms with Crippen LogP contribution in [-0.4, -0.2) is 12.1 Å². The van der Waals surface area contributed by atoms with Crippen LogP contribution in [0.1, 0.15) is 69.3 Å². The molecule has 2 saturated carbocycles. The van der Waals surface area contributed by atoms with E-state index in [1.54, 1.807) is 0 Å². The molecule has 2 heteroatoms. The van der Waals surface area contributed by atoms with E-state index in [9.17, 15) is 0 Å². The topological polar surface area (TPSA) is 12.0 Å². The highest BCUT2D eigenvalue weighted by Gasteiger charge is 2.31. The van der Waals surface area contributed by atoms with Crippen molar-refractivity contribution in [3.63, 3.8) is 0 Å². The number of nitrogens with one attached hydrogen (secondary N) is 1. The Hall–Kier alpha value is -0.530. The fourth-order valence-electron chi connectivity index (χ4n) is 3.74. The third-order valence-electron chi connectivity index (χ3n) is 5.03. The molecule has 110 valence electrons. The Bertz CT molecular complexity index is 417. The highest BCUT2D eigenvalue weighted by atomic mass is 35.5. The monoisotopic (exact) mass is 291 g/mol. The second-order valence-corrected chi connectivity index (χ2v) is 7.07. The highest BCUT2D eigenvalue weighted by molar-refractivity contribution is 6.30. The molecule has 0 atom stereocenters. The van der Waals surface area contributed by atoms with E-state index in [1.165, 1.54) is 63.4 Å². The predicted molar refractivity (Wildman–Crippen MR) is 86.5 cm³/mol. The second kappa shape index (κ2) is 6.95. The van der Waals surface area contributed by atoms with Gasteiger partial charge in [0.25, 0.3) is 0 Å². The lowest BCUT2D eigenvalue weighted by molar-refractivity contribution is 0.245. The summed E-state index contributed by atoms with van der Waals surface area (Å²) in [5.74, 6) is 0.722. The van der Waals surface area contributed by atoms with E-state index < -0.39 is 0 Å². The van der Waals surface area contributed by atoms with E-state index in [2.05, 4.69) is 23.5 Å². The Kier molecular flexibility index (Phi) is 5.01. The summed E-state index contributed by atoms with van der Waals surface area (Å²) in [6.07, 6.45) is 12.5. The Morgan fingerprint density at radius 1 is 0.900 bits per heavy atom. The average molecular weight is 292 g/mol. The molecule has 1 nitrogen and oxygen atoms in total. The van der Waals surface area contributed by atoms with Gasteiger partial charge in [0.2, 0.25) is 0 Å². The van der Waals surface area contributed by atoms with Crippen LogP contribution in [0.5, 0.6) is 0 Å². The predicted octanol–water partition coefficient (Wildman–Crippen LogP) is 5.29. The summed E-state index contributed by atoms with van der Waals surface area (Å²) in [6, 6.07) is 9.92. The van der Waals surface area contributed by atoms with Crippen molar-refractivity contribution in [1.82, 2.24) is 5.32 Å². The van der Waals surface area contributed by atoms with Crippen molar-refractivity contribution in [2.24, 2.45) is 0 Å². The molecule has 0 unspecified atom stereocenters. The number of benzene rings is 1. The molecule has 0 amide bonds. The molecular weight excluding hydrogens is 266 g/mol. The maximum atomic E-state index is 6.08. The summed E-state index contributed by atoms with van der Waals surface area (Å²) in [6.45, 7) is 0. The molecule has 0 radical (unpaired) electrons. The van der Waals surface area contributed by atoms with E-state index >= 15 is 0 Å². The minimum atomic E-state index is 0.722. The zero-order valence-electron chi connectivity index (χ0n) is 12.3. The van der Waals surface area contributed by atoms with Crippen LogP contribution in [0.4, 0.5) is 0 Å². The van der Waals surface area contributed by atoms with Crippen LogP contribution < -0.4 is 5.32 Å². The lowest BCUT2D eigenvalue weighted by Crippen LogP contribution is -2.45. The normalized spacial score (nSPS) is 28.4. The number of halogens is 1. The first-order valence-corrected chi connectivity index (χ1v) is 8.70. The van der Waals surface area contributed by atoms with Gasteiger partial charge in [0.1, 0.15) is 0 Å². The molecule has 0 heterocycles. The summed E-state index contributed by atoms with van der Waals surface area (Å²) in [7, 11) is 0. The fourth-order valence-corrected chi connectivity index (χ4v) is 3.94. The minimum absolute atomic E-state index is 0.722. The molecular formula is C18H26ClN. The standard InChI is InChI=1S/C18H26ClN/c19-16-8-6-7-14(11-16)15-12-18(13-15)20-17-9-4-2-1-3-5-10-17/h6-8,11,15,17-18,20H,1-5,9-10,12-13H2. The first kappa shape index (κ1) is 14.4. The molecule has 0 aliphatic heterocycles. The van der Waals surface area contributed by atoms with E-state index in [1.807, 2.05) is 6.07 Å². The van der Waals surface area contributed by atoms with Gasteiger partial charge in [-0.2, -0.15) is 0 Å². The Labute approximate surface area is 128 Å². The number of hydrogen-bond donors (Lipinski definition) is 1. The van der Waals surface area contributed by atoms with Crippen LogP contribution in [0, 0.1) is 0 Å². The largest absolute Gasteiger partial charge is 0.311 e. The van der Waals surface area contributed by atoms with Crippen molar-refractivity contribution < 1.29 is 0 Å². The van der Waals surface area contributed by atoms with Crippen LogP contribution in [0.15, 0.2) is 24.3 Å². The van der Waals surface area contributed by atoms with Crippen LogP contribution in [0.25, 0.3) is 0 Å². The van der Waals surface area contributed by atoms with Crippen LogP contribution >= 0.6 is 11.6 Å². The van der Waals surface area contributed by atoms with Gasteiger partial charge < -0.3 is 5.32 Å². The van der Waals surface area contributed by atoms with Crippen LogP contribution in [-0.2, 0) is 0 Å². The smallest absolute Gasteiger partial charge is 0.0408 e. The molecule has 2 aliphatic rings. The highest BCUT2D eigenvalue weighted by Crippen LogP contribution is 2.38. The third kappa shape index (κ3) is 3.77. The van der Waals surface area contributed by atoms with Crippen molar-refractivity contribution in [2.75, 3.05) is 0 Å². The van der Waals surface area contributed by atoms with Crippen molar-refractivity contribution in [3.05, 3.63) is 34.9 Å². The Balaban J connectivity index is 1.45. The molecule has 1 aromatic carbocycles. The number of rotatable bonds is 3. The van der Waals surface area contributed by atoms with E-state index in [4.69, 9.17) is 11.6 Å². The number of hydrogen-bond acceptors (Lipinski definition) is 1. The SMILES string of the molecule is Clc1cccc(C2CC(NC3CCCCCCC3)C2)c1. The van der Waals surface area contributed by atoms with E-state index in [-0.39, 0.29) is 0 Å². The molecule has 2 aliphatic carbocycles. The molecule has 0 saturated heterocycles. The van der Waals surface area contributed by atoms with Crippen molar-refractivity contribution in [3.8, 4) is 0 Å². The van der Waals surface area contributed by atoms with Gasteiger partial charge in [-0.3, -0.25) is 0 Å². The lowest BCUT2D eigenvalue weighted by Gasteiger charge is -2.39. The van der Waals surface area contributed by atoms with E-state index in [0.29, 0.717) is 0 Å². The van der Waals surface area contributed by atoms with Gasteiger partial charge in [0, 0.05) is 17.1 Å². The molecule has 0 spiro atoms. The maximum absolute atomic E-state index is 6.08. The summed E-state index contributed by atoms with van der Waals surface area (Å²) in [4.78, 5) is 0. The van der Waals surface area contributed by atoms with Crippen molar-refractivity contribution in [1.29, 1.82) is 0 Å². The van der Waals surface area contributed by atoms with Gasteiger partial charge in [-0.25, -0.2) is 0 Å². The van der Waals surface area contributed by atoms with Gasteiger partial charge in [-0.15, -0.1) is 0 Å². The minimum Gasteiger partial charge on any atom is -0.311 e. The van der Waals surface area contributed by atoms with E-state index in [0.717, 1.165) is 23.0 Å². The molecule has 0 bridgehead atoms. The fraction of sp³-hybridized carbons (Fsp3) is 0.667. The van der Waals surface area contributed by atoms with Gasteiger partial charge in [-0.1, -0.05) is 55.8 Å². The van der Waals surface area contributed by atoms with Crippen molar-refractivity contribution in [2.45, 2.75) is 75.8 Å². The molecule has 20 heavy (non-hydrogen) atoms. The quantitative estimate of drug-likeness (QED) is 0.798. The Morgan fingerprint density at radius 2 is 1.60 bits per heavy atom. The second-order valence-electron chi connectivity index (χ2n) is 6.63. The van der Waals surface area contributed by atoms with Gasteiger partial charge >= 0.3 is 0 Å². The zero-order chi connectivity index (χ0) is 13.8. The molecule has 1 aromatic rings. The average Bonchev–Trinajstić information content (AvgIpc) is 2.35. The molecule has 1 N–H and O–H groups in total. The first-order chi connectivity index (χ1) is 9.81. The van der Waals surface area contributed by atoms with Crippen molar-refractivity contribution >= 4 is 11.6 Å². The summed E-state index contributed by atoms with van der Waals surface area (Å²) >= 11 is 6.08.